The van der Waals surface area contributed by atoms with Crippen LogP contribution in [0, 0.1) is 18.6 Å². The fraction of sp³-hybridized carbons (Fsp3) is 0.200. The number of alkyl halides is 1. The molecule has 3 nitrogen and oxygen atoms in total. The van der Waals surface area contributed by atoms with Crippen LogP contribution in [0.1, 0.15) is 11.4 Å². The van der Waals surface area contributed by atoms with Crippen LogP contribution in [0.2, 0.25) is 0 Å². The van der Waals surface area contributed by atoms with Gasteiger partial charge in [0.15, 0.2) is 5.82 Å². The first-order valence-corrected chi connectivity index (χ1v) is 6.99. The Bertz CT molecular complexity index is 814. The number of rotatable bonds is 3. The van der Waals surface area contributed by atoms with Crippen molar-refractivity contribution in [3.8, 4) is 5.69 Å². The van der Waals surface area contributed by atoms with Gasteiger partial charge < -0.3 is 0 Å². The van der Waals surface area contributed by atoms with Crippen molar-refractivity contribution >= 4 is 22.6 Å². The van der Waals surface area contributed by atoms with Gasteiger partial charge in [0.1, 0.15) is 22.8 Å². The molecule has 0 aliphatic heterocycles. The van der Waals surface area contributed by atoms with E-state index in [0.29, 0.717) is 34.7 Å². The lowest BCUT2D eigenvalue weighted by molar-refractivity contribution is 0.562. The van der Waals surface area contributed by atoms with E-state index in [1.165, 1.54) is 16.7 Å². The van der Waals surface area contributed by atoms with Gasteiger partial charge in [-0.25, -0.2) is 13.8 Å². The summed E-state index contributed by atoms with van der Waals surface area (Å²) in [7, 11) is 0. The molecule has 0 spiro atoms. The normalized spacial score (nSPS) is 11.2. The Labute approximate surface area is 125 Å². The summed E-state index contributed by atoms with van der Waals surface area (Å²) in [5.74, 6) is -0.408. The maximum atomic E-state index is 14.4. The minimum Gasteiger partial charge on any atom is -0.291 e. The van der Waals surface area contributed by atoms with E-state index in [0.717, 1.165) is 0 Å². The third-order valence-corrected chi connectivity index (χ3v) is 3.52. The van der Waals surface area contributed by atoms with E-state index in [1.54, 1.807) is 25.4 Å². The van der Waals surface area contributed by atoms with Gasteiger partial charge in [-0.15, -0.1) is 11.6 Å². The van der Waals surface area contributed by atoms with Crippen LogP contribution in [0.3, 0.4) is 0 Å². The van der Waals surface area contributed by atoms with E-state index in [4.69, 9.17) is 11.6 Å². The summed E-state index contributed by atoms with van der Waals surface area (Å²) in [5, 5.41) is 0. The molecule has 0 fully saturated rings. The van der Waals surface area contributed by atoms with Crippen molar-refractivity contribution in [3.05, 3.63) is 53.6 Å². The molecular formula is C15H12ClF2N3. The lowest BCUT2D eigenvalue weighted by Crippen LogP contribution is -2.08. The molecule has 6 heteroatoms. The van der Waals surface area contributed by atoms with Crippen molar-refractivity contribution < 1.29 is 8.78 Å². The number of benzene rings is 1. The third-order valence-electron chi connectivity index (χ3n) is 3.33. The Hall–Kier alpha value is -2.01. The van der Waals surface area contributed by atoms with E-state index in [2.05, 4.69) is 9.97 Å². The van der Waals surface area contributed by atoms with Gasteiger partial charge in [-0.05, 0) is 24.6 Å². The Morgan fingerprint density at radius 1 is 1.24 bits per heavy atom. The standard InChI is InChI=1S/C15H12ClF2N3/c1-9-2-3-10(17)15(14(9)18)21-12-5-7-19-8-11(12)20-13(21)4-6-16/h2-3,5,7-8H,4,6H2,1H3. The van der Waals surface area contributed by atoms with E-state index in [9.17, 15) is 8.78 Å². The number of nitrogens with zero attached hydrogens (tertiary/aromatic N) is 3. The zero-order chi connectivity index (χ0) is 15.0. The zero-order valence-electron chi connectivity index (χ0n) is 11.3. The molecule has 3 aromatic rings. The fourth-order valence-electron chi connectivity index (χ4n) is 2.33. The number of aryl methyl sites for hydroxylation is 2. The van der Waals surface area contributed by atoms with Crippen LogP contribution in [0.5, 0.6) is 0 Å². The van der Waals surface area contributed by atoms with Gasteiger partial charge >= 0.3 is 0 Å². The summed E-state index contributed by atoms with van der Waals surface area (Å²) in [5.41, 5.74) is 1.44. The van der Waals surface area contributed by atoms with Crippen molar-refractivity contribution in [1.29, 1.82) is 0 Å². The molecule has 1 aromatic carbocycles. The summed E-state index contributed by atoms with van der Waals surface area (Å²) < 4.78 is 30.1. The monoisotopic (exact) mass is 307 g/mol. The van der Waals surface area contributed by atoms with Crippen LogP contribution in [-0.2, 0) is 6.42 Å². The first kappa shape index (κ1) is 13.9. The fourth-order valence-corrected chi connectivity index (χ4v) is 2.50. The molecule has 2 heterocycles. The second-order valence-electron chi connectivity index (χ2n) is 4.69. The van der Waals surface area contributed by atoms with Gasteiger partial charge in [-0.2, -0.15) is 0 Å². The Kier molecular flexibility index (Phi) is 3.59. The van der Waals surface area contributed by atoms with Crippen LogP contribution in [-0.4, -0.2) is 20.4 Å². The number of aromatic nitrogens is 3. The highest BCUT2D eigenvalue weighted by Crippen LogP contribution is 2.27. The van der Waals surface area contributed by atoms with Crippen LogP contribution in [0.4, 0.5) is 8.78 Å². The average molecular weight is 308 g/mol. The molecule has 0 bridgehead atoms. The molecule has 108 valence electrons. The second kappa shape index (κ2) is 5.41. The maximum absolute atomic E-state index is 14.4. The molecule has 21 heavy (non-hydrogen) atoms. The van der Waals surface area contributed by atoms with E-state index < -0.39 is 11.6 Å². The second-order valence-corrected chi connectivity index (χ2v) is 5.07. The predicted molar refractivity (Wildman–Crippen MR) is 77.9 cm³/mol. The molecule has 0 unspecified atom stereocenters. The van der Waals surface area contributed by atoms with Crippen LogP contribution >= 0.6 is 11.6 Å². The predicted octanol–water partition coefficient (Wildman–Crippen LogP) is 3.79. The maximum Gasteiger partial charge on any atom is 0.153 e. The van der Waals surface area contributed by atoms with Gasteiger partial charge in [-0.1, -0.05) is 6.07 Å². The number of hydrogen-bond acceptors (Lipinski definition) is 2. The van der Waals surface area contributed by atoms with E-state index >= 15 is 0 Å². The zero-order valence-corrected chi connectivity index (χ0v) is 12.0. The molecule has 3 rings (SSSR count). The van der Waals surface area contributed by atoms with Gasteiger partial charge in [0, 0.05) is 18.5 Å². The van der Waals surface area contributed by atoms with Crippen molar-refractivity contribution in [3.63, 3.8) is 0 Å². The smallest absolute Gasteiger partial charge is 0.153 e. The summed E-state index contributed by atoms with van der Waals surface area (Å²) in [6.45, 7) is 1.60. The minimum atomic E-state index is -0.634. The molecule has 0 aliphatic rings. The topological polar surface area (TPSA) is 30.7 Å². The van der Waals surface area contributed by atoms with Crippen LogP contribution in [0.15, 0.2) is 30.6 Å². The lowest BCUT2D eigenvalue weighted by atomic mass is 10.2. The van der Waals surface area contributed by atoms with Crippen molar-refractivity contribution in [1.82, 2.24) is 14.5 Å². The molecule has 0 saturated heterocycles. The number of halogens is 3. The molecule has 0 atom stereocenters. The van der Waals surface area contributed by atoms with Gasteiger partial charge in [0.2, 0.25) is 0 Å². The summed E-state index contributed by atoms with van der Waals surface area (Å²) in [4.78, 5) is 8.36. The lowest BCUT2D eigenvalue weighted by Gasteiger charge is -2.12. The molecular weight excluding hydrogens is 296 g/mol. The largest absolute Gasteiger partial charge is 0.291 e. The summed E-state index contributed by atoms with van der Waals surface area (Å²) >= 11 is 5.78. The third kappa shape index (κ3) is 2.27. The molecule has 0 aliphatic carbocycles. The average Bonchev–Trinajstić information content (AvgIpc) is 2.83. The molecule has 0 saturated carbocycles. The van der Waals surface area contributed by atoms with Gasteiger partial charge in [-0.3, -0.25) is 9.55 Å². The van der Waals surface area contributed by atoms with Crippen molar-refractivity contribution in [2.24, 2.45) is 0 Å². The van der Waals surface area contributed by atoms with Crippen LogP contribution < -0.4 is 0 Å². The molecule has 2 aromatic heterocycles. The number of hydrogen-bond donors (Lipinski definition) is 0. The summed E-state index contributed by atoms with van der Waals surface area (Å²) in [6, 6.07) is 4.35. The number of fused-ring (bicyclic) bond motifs is 1. The van der Waals surface area contributed by atoms with Crippen molar-refractivity contribution in [2.45, 2.75) is 13.3 Å². The molecule has 0 N–H and O–H groups in total. The highest BCUT2D eigenvalue weighted by Gasteiger charge is 2.19. The Morgan fingerprint density at radius 3 is 2.81 bits per heavy atom. The molecule has 0 amide bonds. The first-order chi connectivity index (χ1) is 10.1. The first-order valence-electron chi connectivity index (χ1n) is 6.45. The van der Waals surface area contributed by atoms with Gasteiger partial charge in [0.25, 0.3) is 0 Å². The Morgan fingerprint density at radius 2 is 2.05 bits per heavy atom. The van der Waals surface area contributed by atoms with Gasteiger partial charge in [0.05, 0.1) is 11.7 Å². The molecule has 0 radical (unpaired) electrons. The highest BCUT2D eigenvalue weighted by atomic mass is 35.5. The van der Waals surface area contributed by atoms with E-state index in [1.807, 2.05) is 0 Å². The highest BCUT2D eigenvalue weighted by molar-refractivity contribution is 6.17. The van der Waals surface area contributed by atoms with E-state index in [-0.39, 0.29) is 5.69 Å². The van der Waals surface area contributed by atoms with Crippen LogP contribution in [0.25, 0.3) is 16.7 Å². The SMILES string of the molecule is Cc1ccc(F)c(-n2c(CCCl)nc3cnccc32)c1F. The minimum absolute atomic E-state index is 0.121. The van der Waals surface area contributed by atoms with Crippen molar-refractivity contribution in [2.75, 3.05) is 5.88 Å². The number of imidazole rings is 1. The summed E-state index contributed by atoms with van der Waals surface area (Å²) in [6.07, 6.45) is 3.54. The quantitative estimate of drug-likeness (QED) is 0.689. The number of pyridine rings is 1. The Balaban J connectivity index is 2.38.